The van der Waals surface area contributed by atoms with Crippen LogP contribution < -0.4 is 30.8 Å². The zero-order chi connectivity index (χ0) is 39.3. The summed E-state index contributed by atoms with van der Waals surface area (Å²) in [5, 5.41) is 4.40. The Balaban J connectivity index is 1.01. The fourth-order valence-electron chi connectivity index (χ4n) is 9.49. The Bertz CT molecular complexity index is 3290. The zero-order valence-corrected chi connectivity index (χ0v) is 32.1. The van der Waals surface area contributed by atoms with Gasteiger partial charge in [0.2, 0.25) is 0 Å². The maximum absolute atomic E-state index is 7.06. The molecule has 0 unspecified atom stereocenters. The summed E-state index contributed by atoms with van der Waals surface area (Å²) in [6.45, 7) is -0.134. The number of hydrogen-bond acceptors (Lipinski definition) is 5. The average molecular weight is 770 g/mol. The molecule has 2 aliphatic heterocycles. The van der Waals surface area contributed by atoms with Crippen molar-refractivity contribution in [3.05, 3.63) is 194 Å². The monoisotopic (exact) mass is 769 g/mol. The van der Waals surface area contributed by atoms with Crippen LogP contribution in [-0.4, -0.2) is 6.71 Å². The molecule has 0 saturated heterocycles. The summed E-state index contributed by atoms with van der Waals surface area (Å²) >= 11 is 0. The molecule has 9 aromatic carbocycles. The van der Waals surface area contributed by atoms with Gasteiger partial charge in [-0.05, 0) is 70.6 Å². The molecule has 6 heteroatoms. The molecule has 0 aliphatic carbocycles. The van der Waals surface area contributed by atoms with Crippen molar-refractivity contribution in [1.29, 1.82) is 0 Å². The van der Waals surface area contributed by atoms with Gasteiger partial charge in [-0.1, -0.05) is 133 Å². The number of nitrogens with zero attached hydrogens (tertiary/aromatic N) is 1. The van der Waals surface area contributed by atoms with E-state index in [4.69, 9.17) is 18.3 Å². The van der Waals surface area contributed by atoms with Gasteiger partial charge < -0.3 is 23.2 Å². The Morgan fingerprint density at radius 3 is 1.30 bits per heavy atom. The molecule has 0 fully saturated rings. The van der Waals surface area contributed by atoms with Crippen molar-refractivity contribution in [3.8, 4) is 45.3 Å². The van der Waals surface area contributed by atoms with Crippen LogP contribution in [0.1, 0.15) is 0 Å². The number of hydrogen-bond donors (Lipinski definition) is 0. The van der Waals surface area contributed by atoms with E-state index in [9.17, 15) is 0 Å². The van der Waals surface area contributed by atoms with Gasteiger partial charge in [-0.15, -0.1) is 0 Å². The van der Waals surface area contributed by atoms with Crippen LogP contribution in [0.2, 0.25) is 0 Å². The molecule has 0 spiro atoms. The van der Waals surface area contributed by atoms with Crippen LogP contribution >= 0.6 is 0 Å². The van der Waals surface area contributed by atoms with Crippen LogP contribution in [0.4, 0.5) is 17.1 Å². The largest absolute Gasteiger partial charge is 0.458 e. The molecule has 0 amide bonds. The predicted octanol–water partition coefficient (Wildman–Crippen LogP) is 13.0. The molecule has 4 heterocycles. The first kappa shape index (κ1) is 33.1. The molecular formula is C54H32BNO4. The van der Waals surface area contributed by atoms with Gasteiger partial charge >= 0.3 is 0 Å². The van der Waals surface area contributed by atoms with E-state index in [0.717, 1.165) is 123 Å². The summed E-state index contributed by atoms with van der Waals surface area (Å²) < 4.78 is 27.1. The summed E-state index contributed by atoms with van der Waals surface area (Å²) in [6.07, 6.45) is 0. The quantitative estimate of drug-likeness (QED) is 0.163. The van der Waals surface area contributed by atoms with Gasteiger partial charge in [0.15, 0.2) is 0 Å². The van der Waals surface area contributed by atoms with E-state index in [1.165, 1.54) is 0 Å². The third-order valence-corrected chi connectivity index (χ3v) is 12.2. The molecule has 2 aromatic heterocycles. The van der Waals surface area contributed by atoms with Crippen LogP contribution in [0.3, 0.4) is 0 Å². The third-order valence-electron chi connectivity index (χ3n) is 12.2. The summed E-state index contributed by atoms with van der Waals surface area (Å²) in [5.74, 6) is 3.13. The van der Waals surface area contributed by atoms with E-state index in [2.05, 4.69) is 163 Å². The summed E-state index contributed by atoms with van der Waals surface area (Å²) in [5.41, 5.74) is 13.7. The average Bonchev–Trinajstić information content (AvgIpc) is 3.88. The second-order valence-corrected chi connectivity index (χ2v) is 15.6. The van der Waals surface area contributed by atoms with Gasteiger partial charge in [-0.3, -0.25) is 0 Å². The van der Waals surface area contributed by atoms with Crippen LogP contribution in [-0.2, 0) is 0 Å². The minimum absolute atomic E-state index is 0.134. The normalized spacial score (nSPS) is 12.6. The van der Waals surface area contributed by atoms with Crippen LogP contribution in [0.15, 0.2) is 203 Å². The highest BCUT2D eigenvalue weighted by Gasteiger charge is 2.41. The summed E-state index contributed by atoms with van der Waals surface area (Å²) in [4.78, 5) is 2.25. The first-order valence-corrected chi connectivity index (χ1v) is 20.3. The molecule has 0 radical (unpaired) electrons. The molecule has 60 heavy (non-hydrogen) atoms. The molecular weight excluding hydrogens is 737 g/mol. The zero-order valence-electron chi connectivity index (χ0n) is 32.1. The Hall–Kier alpha value is -7.96. The Morgan fingerprint density at radius 1 is 0.350 bits per heavy atom. The van der Waals surface area contributed by atoms with E-state index in [-0.39, 0.29) is 6.71 Å². The molecule has 0 N–H and O–H groups in total. The second-order valence-electron chi connectivity index (χ2n) is 15.6. The van der Waals surface area contributed by atoms with Gasteiger partial charge in [0.1, 0.15) is 45.3 Å². The van der Waals surface area contributed by atoms with Gasteiger partial charge in [-0.25, -0.2) is 0 Å². The number of rotatable bonds is 5. The maximum atomic E-state index is 7.06. The highest BCUT2D eigenvalue weighted by atomic mass is 16.5. The SMILES string of the molecule is c1ccc(N(c2ccccc2)c2cc3c4c(c2)Oc2cc(-c5cccc6c5oc5ccccc56)ccc2B4c2ccc(-c4cccc5c4oc4ccccc45)cc2O3)cc1. The first-order chi connectivity index (χ1) is 29.7. The van der Waals surface area contributed by atoms with Crippen molar-refractivity contribution in [1.82, 2.24) is 0 Å². The molecule has 11 aromatic rings. The number of para-hydroxylation sites is 6. The molecule has 0 saturated carbocycles. The van der Waals surface area contributed by atoms with E-state index in [1.54, 1.807) is 0 Å². The second kappa shape index (κ2) is 12.8. The Labute approximate surface area is 345 Å². The topological polar surface area (TPSA) is 48.0 Å². The fourth-order valence-corrected chi connectivity index (χ4v) is 9.49. The van der Waals surface area contributed by atoms with Crippen molar-refractivity contribution >= 4 is 84.0 Å². The minimum Gasteiger partial charge on any atom is -0.458 e. The van der Waals surface area contributed by atoms with E-state index in [0.29, 0.717) is 0 Å². The number of ether oxygens (including phenoxy) is 2. The lowest BCUT2D eigenvalue weighted by molar-refractivity contribution is 0.465. The van der Waals surface area contributed by atoms with Crippen LogP contribution in [0, 0.1) is 0 Å². The van der Waals surface area contributed by atoms with Gasteiger partial charge in [-0.2, -0.15) is 0 Å². The van der Waals surface area contributed by atoms with Gasteiger partial charge in [0.05, 0.1) is 5.69 Å². The van der Waals surface area contributed by atoms with Gasteiger partial charge in [0.25, 0.3) is 6.71 Å². The van der Waals surface area contributed by atoms with Crippen LogP contribution in [0.25, 0.3) is 66.1 Å². The summed E-state index contributed by atoms with van der Waals surface area (Å²) in [7, 11) is 0. The third kappa shape index (κ3) is 4.94. The van der Waals surface area contributed by atoms with Crippen molar-refractivity contribution < 1.29 is 18.3 Å². The smallest absolute Gasteiger partial charge is 0.260 e. The lowest BCUT2D eigenvalue weighted by Crippen LogP contribution is -2.57. The maximum Gasteiger partial charge on any atom is 0.260 e. The Kier molecular flexibility index (Phi) is 7.04. The summed E-state index contributed by atoms with van der Waals surface area (Å²) in [6, 6.07) is 67.5. The molecule has 280 valence electrons. The minimum atomic E-state index is -0.134. The van der Waals surface area contributed by atoms with Crippen molar-refractivity contribution in [2.45, 2.75) is 0 Å². The van der Waals surface area contributed by atoms with Crippen molar-refractivity contribution in [2.75, 3.05) is 4.90 Å². The number of benzene rings is 9. The standard InChI is InChI=1S/C54H32BNO4/c1-3-13-35(14-4-1)56(36-15-5-2-6-16-36)37-31-50-52-51(32-37)58-49-30-34(39-20-12-22-43-41-18-8-10-24-47(41)60-54(39)43)26-28-45(49)55(52)44-27-25-33(29-48(44)57-50)38-19-11-21-42-40-17-7-9-23-46(40)59-53(38)42/h1-32H. The van der Waals surface area contributed by atoms with Crippen molar-refractivity contribution in [3.63, 3.8) is 0 Å². The number of fused-ring (bicyclic) bond motifs is 10. The molecule has 0 bridgehead atoms. The highest BCUT2D eigenvalue weighted by Crippen LogP contribution is 2.45. The molecule has 13 rings (SSSR count). The number of furan rings is 2. The van der Waals surface area contributed by atoms with Crippen molar-refractivity contribution in [2.24, 2.45) is 0 Å². The molecule has 5 nitrogen and oxygen atoms in total. The predicted molar refractivity (Wildman–Crippen MR) is 244 cm³/mol. The van der Waals surface area contributed by atoms with E-state index >= 15 is 0 Å². The lowest BCUT2D eigenvalue weighted by atomic mass is 9.34. The van der Waals surface area contributed by atoms with Crippen LogP contribution in [0.5, 0.6) is 23.0 Å². The first-order valence-electron chi connectivity index (χ1n) is 20.3. The number of anilines is 3. The van der Waals surface area contributed by atoms with Gasteiger partial charge in [0, 0.05) is 61.6 Å². The molecule has 2 aliphatic rings. The lowest BCUT2D eigenvalue weighted by Gasteiger charge is -2.35. The Morgan fingerprint density at radius 2 is 0.800 bits per heavy atom. The van der Waals surface area contributed by atoms with E-state index in [1.807, 2.05) is 36.4 Å². The highest BCUT2D eigenvalue weighted by molar-refractivity contribution is 6.98. The molecule has 0 atom stereocenters. The fraction of sp³-hybridized carbons (Fsp3) is 0. The van der Waals surface area contributed by atoms with E-state index < -0.39 is 0 Å².